The maximum atomic E-state index is 12.8. The van der Waals surface area contributed by atoms with Gasteiger partial charge in [-0.2, -0.15) is 13.2 Å². The number of halogens is 3. The van der Waals surface area contributed by atoms with Gasteiger partial charge in [0.25, 0.3) is 0 Å². The molecule has 1 amide bonds. The van der Waals surface area contributed by atoms with Crippen molar-refractivity contribution in [3.8, 4) is 0 Å². The van der Waals surface area contributed by atoms with Gasteiger partial charge >= 0.3 is 6.18 Å². The zero-order valence-electron chi connectivity index (χ0n) is 16.8. The van der Waals surface area contributed by atoms with Gasteiger partial charge in [-0.15, -0.1) is 0 Å². The molecule has 5 nitrogen and oxygen atoms in total. The van der Waals surface area contributed by atoms with Gasteiger partial charge in [0.1, 0.15) is 0 Å². The van der Waals surface area contributed by atoms with E-state index >= 15 is 0 Å². The molecule has 1 aromatic carbocycles. The quantitative estimate of drug-likeness (QED) is 0.635. The minimum atomic E-state index is -4.37. The summed E-state index contributed by atoms with van der Waals surface area (Å²) in [5.74, 6) is 0.493. The van der Waals surface area contributed by atoms with E-state index in [-0.39, 0.29) is 12.5 Å². The molecule has 0 aromatic heterocycles. The van der Waals surface area contributed by atoms with Gasteiger partial charge in [-0.25, -0.2) is 0 Å². The lowest BCUT2D eigenvalue weighted by atomic mass is 10.0. The standard InChI is InChI=1S/C22H27F3N4O/c23-22(24,25)19-6-4-18(5-7-19)20-11-16(3-1-2-9-28-20)14-29-21(30)15-27-13-17-8-10-26-12-17/h2,4-7,9,11,17,26-27H,1,3,8,10,12-15H2,(H,29,30)/b9-2-,16-11+,28-20+. The molecular formula is C22H27F3N4O. The summed E-state index contributed by atoms with van der Waals surface area (Å²) in [6.07, 6.45) is 3.73. The Morgan fingerprint density at radius 3 is 2.73 bits per heavy atom. The van der Waals surface area contributed by atoms with Crippen LogP contribution in [0.5, 0.6) is 0 Å². The zero-order chi connectivity index (χ0) is 21.4. The predicted octanol–water partition coefficient (Wildman–Crippen LogP) is 3.04. The molecule has 0 bridgehead atoms. The molecule has 2 heterocycles. The highest BCUT2D eigenvalue weighted by Crippen LogP contribution is 2.29. The minimum Gasteiger partial charge on any atom is -0.351 e. The van der Waals surface area contributed by atoms with E-state index in [0.717, 1.165) is 56.6 Å². The van der Waals surface area contributed by atoms with E-state index in [9.17, 15) is 18.0 Å². The fourth-order valence-electron chi connectivity index (χ4n) is 3.46. The molecule has 0 aliphatic carbocycles. The third-order valence-corrected chi connectivity index (χ3v) is 5.19. The first-order valence-corrected chi connectivity index (χ1v) is 10.2. The molecule has 0 saturated carbocycles. The van der Waals surface area contributed by atoms with E-state index in [1.165, 1.54) is 12.1 Å². The summed E-state index contributed by atoms with van der Waals surface area (Å²) in [4.78, 5) is 16.5. The van der Waals surface area contributed by atoms with Gasteiger partial charge in [0.2, 0.25) is 5.91 Å². The first-order valence-electron chi connectivity index (χ1n) is 10.2. The van der Waals surface area contributed by atoms with Gasteiger partial charge in [-0.1, -0.05) is 18.2 Å². The maximum Gasteiger partial charge on any atom is 0.416 e. The number of nitrogens with one attached hydrogen (secondary N) is 3. The number of carbonyl (C=O) groups is 1. The number of benzene rings is 1. The van der Waals surface area contributed by atoms with Crippen LogP contribution in [0, 0.1) is 5.92 Å². The van der Waals surface area contributed by atoms with E-state index in [1.807, 2.05) is 12.2 Å². The first-order chi connectivity index (χ1) is 14.4. The molecule has 8 heteroatoms. The topological polar surface area (TPSA) is 65.5 Å². The molecule has 162 valence electrons. The van der Waals surface area contributed by atoms with Crippen LogP contribution in [-0.2, 0) is 11.0 Å². The monoisotopic (exact) mass is 420 g/mol. The van der Waals surface area contributed by atoms with E-state index in [1.54, 1.807) is 6.20 Å². The highest BCUT2D eigenvalue weighted by molar-refractivity contribution is 6.09. The molecule has 1 atom stereocenters. The van der Waals surface area contributed by atoms with E-state index < -0.39 is 11.7 Å². The molecule has 0 radical (unpaired) electrons. The molecule has 2 aliphatic rings. The normalized spacial score (nSPS) is 24.2. The summed E-state index contributed by atoms with van der Waals surface area (Å²) < 4.78 is 38.4. The highest BCUT2D eigenvalue weighted by Gasteiger charge is 2.30. The van der Waals surface area contributed by atoms with E-state index in [0.29, 0.717) is 23.7 Å². The van der Waals surface area contributed by atoms with Gasteiger partial charge in [0, 0.05) is 18.3 Å². The van der Waals surface area contributed by atoms with Crippen LogP contribution in [-0.4, -0.2) is 44.3 Å². The Bertz CT molecular complexity index is 807. The van der Waals surface area contributed by atoms with Crippen LogP contribution >= 0.6 is 0 Å². The summed E-state index contributed by atoms with van der Waals surface area (Å²) in [5.41, 5.74) is 1.47. The van der Waals surface area contributed by atoms with Crippen molar-refractivity contribution in [2.45, 2.75) is 25.4 Å². The molecule has 2 aliphatic heterocycles. The number of amides is 1. The average Bonchev–Trinajstić information content (AvgIpc) is 3.20. The van der Waals surface area contributed by atoms with Crippen molar-refractivity contribution in [2.75, 3.05) is 32.7 Å². The third-order valence-electron chi connectivity index (χ3n) is 5.19. The molecule has 3 rings (SSSR count). The Kier molecular flexibility index (Phi) is 7.81. The van der Waals surface area contributed by atoms with Crippen LogP contribution in [0.3, 0.4) is 0 Å². The van der Waals surface area contributed by atoms with Crippen molar-refractivity contribution in [3.63, 3.8) is 0 Å². The van der Waals surface area contributed by atoms with Crippen LogP contribution in [0.2, 0.25) is 0 Å². The Labute approximate surface area is 174 Å². The number of hydrogen-bond acceptors (Lipinski definition) is 4. The second-order valence-corrected chi connectivity index (χ2v) is 7.58. The van der Waals surface area contributed by atoms with Crippen molar-refractivity contribution in [3.05, 3.63) is 59.3 Å². The van der Waals surface area contributed by atoms with Gasteiger partial charge < -0.3 is 16.0 Å². The van der Waals surface area contributed by atoms with Crippen LogP contribution in [0.15, 0.2) is 53.2 Å². The SMILES string of the molecule is O=C(CNCC1CCNC1)NC/C1=C/C(c2ccc(C(F)(F)F)cc2)=N\C=C/CC1. The maximum absolute atomic E-state index is 12.8. The van der Waals surface area contributed by atoms with Crippen LogP contribution in [0.1, 0.15) is 30.4 Å². The zero-order valence-corrected chi connectivity index (χ0v) is 16.8. The second-order valence-electron chi connectivity index (χ2n) is 7.58. The number of carbonyl (C=O) groups excluding carboxylic acids is 1. The molecule has 1 aromatic rings. The van der Waals surface area contributed by atoms with E-state index in [2.05, 4.69) is 20.9 Å². The summed E-state index contributed by atoms with van der Waals surface area (Å²) in [5, 5.41) is 9.40. The van der Waals surface area contributed by atoms with Crippen LogP contribution < -0.4 is 16.0 Å². The van der Waals surface area contributed by atoms with E-state index in [4.69, 9.17) is 0 Å². The fraction of sp³-hybridized carbons (Fsp3) is 0.455. The molecule has 1 fully saturated rings. The van der Waals surface area contributed by atoms with Crippen molar-refractivity contribution in [1.29, 1.82) is 0 Å². The number of hydrogen-bond donors (Lipinski definition) is 3. The molecule has 30 heavy (non-hydrogen) atoms. The number of rotatable bonds is 7. The van der Waals surface area contributed by atoms with Gasteiger partial charge in [-0.3, -0.25) is 9.79 Å². The van der Waals surface area contributed by atoms with Gasteiger partial charge in [0.15, 0.2) is 0 Å². The predicted molar refractivity (Wildman–Crippen MR) is 111 cm³/mol. The Balaban J connectivity index is 1.56. The number of alkyl halides is 3. The summed E-state index contributed by atoms with van der Waals surface area (Å²) in [6, 6.07) is 4.96. The lowest BCUT2D eigenvalue weighted by Gasteiger charge is -2.13. The first kappa shape index (κ1) is 22.2. The van der Waals surface area contributed by atoms with Crippen molar-refractivity contribution in [1.82, 2.24) is 16.0 Å². The lowest BCUT2D eigenvalue weighted by Crippen LogP contribution is -2.37. The van der Waals surface area contributed by atoms with Crippen LogP contribution in [0.4, 0.5) is 13.2 Å². The lowest BCUT2D eigenvalue weighted by molar-refractivity contribution is -0.137. The van der Waals surface area contributed by atoms with Crippen molar-refractivity contribution in [2.24, 2.45) is 10.9 Å². The molecule has 0 spiro atoms. The minimum absolute atomic E-state index is 0.0764. The Hall–Kier alpha value is -2.45. The van der Waals surface area contributed by atoms with Crippen molar-refractivity contribution < 1.29 is 18.0 Å². The third kappa shape index (κ3) is 6.81. The molecule has 3 N–H and O–H groups in total. The second kappa shape index (κ2) is 10.5. The summed E-state index contributed by atoms with van der Waals surface area (Å²) in [7, 11) is 0. The number of aliphatic imine (C=N–C) groups is 1. The summed E-state index contributed by atoms with van der Waals surface area (Å²) in [6.45, 7) is 3.49. The number of nitrogens with zero attached hydrogens (tertiary/aromatic N) is 1. The molecular weight excluding hydrogens is 393 g/mol. The average molecular weight is 420 g/mol. The number of allylic oxidation sites excluding steroid dienone is 2. The van der Waals surface area contributed by atoms with Gasteiger partial charge in [0.05, 0.1) is 17.8 Å². The Morgan fingerprint density at radius 2 is 2.03 bits per heavy atom. The summed E-state index contributed by atoms with van der Waals surface area (Å²) >= 11 is 0. The Morgan fingerprint density at radius 1 is 1.23 bits per heavy atom. The van der Waals surface area contributed by atoms with Crippen LogP contribution in [0.25, 0.3) is 0 Å². The molecule has 1 unspecified atom stereocenters. The largest absolute Gasteiger partial charge is 0.416 e. The highest BCUT2D eigenvalue weighted by atomic mass is 19.4. The van der Waals surface area contributed by atoms with Gasteiger partial charge in [-0.05, 0) is 68.6 Å². The fourth-order valence-corrected chi connectivity index (χ4v) is 3.46. The smallest absolute Gasteiger partial charge is 0.351 e. The van der Waals surface area contributed by atoms with Crippen molar-refractivity contribution >= 4 is 11.6 Å². The molecule has 1 saturated heterocycles.